The van der Waals surface area contributed by atoms with Gasteiger partial charge in [0, 0.05) is 19.5 Å². The lowest BCUT2D eigenvalue weighted by Crippen LogP contribution is -2.47. The average molecular weight is 198 g/mol. The summed E-state index contributed by atoms with van der Waals surface area (Å²) in [5.74, 6) is 0.365. The van der Waals surface area contributed by atoms with E-state index < -0.39 is 0 Å². The molecule has 14 heavy (non-hydrogen) atoms. The van der Waals surface area contributed by atoms with E-state index in [0.29, 0.717) is 13.0 Å². The van der Waals surface area contributed by atoms with Crippen molar-refractivity contribution in [2.24, 2.45) is 0 Å². The molecular weight excluding hydrogens is 180 g/mol. The van der Waals surface area contributed by atoms with E-state index in [4.69, 9.17) is 0 Å². The fraction of sp³-hybridized carbons (Fsp3) is 0.800. The Morgan fingerprint density at radius 1 is 1.50 bits per heavy atom. The molecule has 1 fully saturated rings. The molecule has 0 aliphatic carbocycles. The van der Waals surface area contributed by atoms with E-state index in [1.54, 1.807) is 6.92 Å². The molecule has 1 N–H and O–H groups in total. The number of hydrogen-bond donors (Lipinski definition) is 1. The fourth-order valence-corrected chi connectivity index (χ4v) is 1.59. The number of amides is 1. The molecule has 1 saturated heterocycles. The second kappa shape index (κ2) is 5.75. The van der Waals surface area contributed by atoms with Gasteiger partial charge in [-0.15, -0.1) is 0 Å². The van der Waals surface area contributed by atoms with Gasteiger partial charge in [0.1, 0.15) is 5.78 Å². The van der Waals surface area contributed by atoms with Crippen LogP contribution in [0.5, 0.6) is 0 Å². The van der Waals surface area contributed by atoms with E-state index in [2.05, 4.69) is 10.2 Å². The minimum absolute atomic E-state index is 0.114. The van der Waals surface area contributed by atoms with Gasteiger partial charge in [0.2, 0.25) is 5.91 Å². The van der Waals surface area contributed by atoms with Gasteiger partial charge in [0.25, 0.3) is 0 Å². The quantitative estimate of drug-likeness (QED) is 0.641. The maximum Gasteiger partial charge on any atom is 0.234 e. The van der Waals surface area contributed by atoms with Crippen molar-refractivity contribution in [1.29, 1.82) is 0 Å². The number of unbranched alkanes of at least 4 members (excludes halogenated alkanes) is 1. The summed E-state index contributed by atoms with van der Waals surface area (Å²) in [6.45, 7) is 4.76. The standard InChI is InChI=1S/C10H18N2O2/c1-9(13)4-2-3-6-12-7-5-11-10(14)8-12/h2-8H2,1H3,(H,11,14). The van der Waals surface area contributed by atoms with Crippen molar-refractivity contribution < 1.29 is 9.59 Å². The molecule has 0 saturated carbocycles. The van der Waals surface area contributed by atoms with Gasteiger partial charge in [-0.05, 0) is 26.3 Å². The molecule has 0 aromatic carbocycles. The summed E-state index contributed by atoms with van der Waals surface area (Å²) in [5.41, 5.74) is 0. The summed E-state index contributed by atoms with van der Waals surface area (Å²) in [6, 6.07) is 0. The highest BCUT2D eigenvalue weighted by Crippen LogP contribution is 2.01. The fourth-order valence-electron chi connectivity index (χ4n) is 1.59. The van der Waals surface area contributed by atoms with Crippen LogP contribution in [-0.2, 0) is 9.59 Å². The molecule has 1 aliphatic rings. The SMILES string of the molecule is CC(=O)CCCCN1CCNC(=O)C1. The minimum atomic E-state index is 0.114. The Hall–Kier alpha value is -0.900. The number of Topliss-reactive ketones (excluding diaryl/α,β-unsaturated/α-hetero) is 1. The molecule has 0 atom stereocenters. The van der Waals surface area contributed by atoms with Gasteiger partial charge < -0.3 is 10.1 Å². The summed E-state index contributed by atoms with van der Waals surface area (Å²) in [4.78, 5) is 23.8. The lowest BCUT2D eigenvalue weighted by Gasteiger charge is -2.26. The van der Waals surface area contributed by atoms with E-state index in [1.165, 1.54) is 0 Å². The first-order valence-corrected chi connectivity index (χ1v) is 5.17. The van der Waals surface area contributed by atoms with Crippen LogP contribution in [0.3, 0.4) is 0 Å². The Balaban J connectivity index is 2.06. The molecule has 0 aromatic rings. The maximum atomic E-state index is 11.0. The first kappa shape index (κ1) is 11.2. The largest absolute Gasteiger partial charge is 0.354 e. The van der Waals surface area contributed by atoms with Gasteiger partial charge >= 0.3 is 0 Å². The topological polar surface area (TPSA) is 49.4 Å². The molecule has 4 nitrogen and oxygen atoms in total. The minimum Gasteiger partial charge on any atom is -0.354 e. The third-order valence-electron chi connectivity index (χ3n) is 2.37. The van der Waals surface area contributed by atoms with Crippen LogP contribution in [0.4, 0.5) is 0 Å². The number of ketones is 1. The summed E-state index contributed by atoms with van der Waals surface area (Å²) >= 11 is 0. The second-order valence-corrected chi connectivity index (χ2v) is 3.79. The summed E-state index contributed by atoms with van der Waals surface area (Å²) in [5, 5.41) is 2.79. The number of nitrogens with one attached hydrogen (secondary N) is 1. The van der Waals surface area contributed by atoms with Gasteiger partial charge in [0.05, 0.1) is 6.54 Å². The summed E-state index contributed by atoms with van der Waals surface area (Å²) in [6.07, 6.45) is 2.61. The van der Waals surface area contributed by atoms with Gasteiger partial charge in [-0.3, -0.25) is 9.69 Å². The summed E-state index contributed by atoms with van der Waals surface area (Å²) < 4.78 is 0. The molecule has 1 amide bonds. The summed E-state index contributed by atoms with van der Waals surface area (Å²) in [7, 11) is 0. The van der Waals surface area contributed by atoms with Crippen LogP contribution in [0, 0.1) is 0 Å². The molecule has 0 radical (unpaired) electrons. The Labute approximate surface area is 84.7 Å². The molecule has 1 rings (SSSR count). The van der Waals surface area contributed by atoms with E-state index in [1.807, 2.05) is 0 Å². The van der Waals surface area contributed by atoms with Crippen molar-refractivity contribution in [1.82, 2.24) is 10.2 Å². The van der Waals surface area contributed by atoms with Crippen LogP contribution in [-0.4, -0.2) is 42.8 Å². The molecule has 0 bridgehead atoms. The van der Waals surface area contributed by atoms with Crippen molar-refractivity contribution in [2.45, 2.75) is 26.2 Å². The lowest BCUT2D eigenvalue weighted by molar-refractivity contribution is -0.124. The van der Waals surface area contributed by atoms with Crippen LogP contribution in [0.25, 0.3) is 0 Å². The van der Waals surface area contributed by atoms with Crippen LogP contribution >= 0.6 is 0 Å². The highest BCUT2D eigenvalue weighted by molar-refractivity contribution is 5.78. The molecule has 0 unspecified atom stereocenters. The Bertz CT molecular complexity index is 216. The van der Waals surface area contributed by atoms with Crippen molar-refractivity contribution in [3.63, 3.8) is 0 Å². The van der Waals surface area contributed by atoms with Crippen molar-refractivity contribution >= 4 is 11.7 Å². The molecule has 4 heteroatoms. The normalized spacial score (nSPS) is 17.9. The third-order valence-corrected chi connectivity index (χ3v) is 2.37. The Morgan fingerprint density at radius 3 is 2.93 bits per heavy atom. The first-order valence-electron chi connectivity index (χ1n) is 5.17. The van der Waals surface area contributed by atoms with E-state index in [-0.39, 0.29) is 11.7 Å². The maximum absolute atomic E-state index is 11.0. The van der Waals surface area contributed by atoms with Crippen molar-refractivity contribution in [3.8, 4) is 0 Å². The van der Waals surface area contributed by atoms with Gasteiger partial charge in [-0.2, -0.15) is 0 Å². The van der Waals surface area contributed by atoms with E-state index in [9.17, 15) is 9.59 Å². The number of hydrogen-bond acceptors (Lipinski definition) is 3. The lowest BCUT2D eigenvalue weighted by atomic mass is 10.2. The zero-order valence-electron chi connectivity index (χ0n) is 8.71. The zero-order chi connectivity index (χ0) is 10.4. The third kappa shape index (κ3) is 4.37. The molecule has 1 heterocycles. The number of nitrogens with zero attached hydrogens (tertiary/aromatic N) is 1. The highest BCUT2D eigenvalue weighted by atomic mass is 16.2. The highest BCUT2D eigenvalue weighted by Gasteiger charge is 2.14. The Morgan fingerprint density at radius 2 is 2.29 bits per heavy atom. The van der Waals surface area contributed by atoms with Crippen molar-refractivity contribution in [3.05, 3.63) is 0 Å². The first-order chi connectivity index (χ1) is 6.68. The van der Waals surface area contributed by atoms with E-state index in [0.717, 1.165) is 32.5 Å². The van der Waals surface area contributed by atoms with Gasteiger partial charge in [0.15, 0.2) is 0 Å². The smallest absolute Gasteiger partial charge is 0.234 e. The van der Waals surface area contributed by atoms with Crippen LogP contribution < -0.4 is 5.32 Å². The molecule has 80 valence electrons. The zero-order valence-corrected chi connectivity index (χ0v) is 8.71. The molecule has 0 aromatic heterocycles. The number of piperazine rings is 1. The van der Waals surface area contributed by atoms with Crippen LogP contribution in [0.2, 0.25) is 0 Å². The molecular formula is C10H18N2O2. The van der Waals surface area contributed by atoms with Crippen LogP contribution in [0.15, 0.2) is 0 Å². The molecule has 0 spiro atoms. The number of carbonyl (C=O) groups is 2. The monoisotopic (exact) mass is 198 g/mol. The average Bonchev–Trinajstić information content (AvgIpc) is 2.12. The molecule has 1 aliphatic heterocycles. The predicted molar refractivity (Wildman–Crippen MR) is 54.0 cm³/mol. The number of rotatable bonds is 5. The van der Waals surface area contributed by atoms with Gasteiger partial charge in [-0.25, -0.2) is 0 Å². The second-order valence-electron chi connectivity index (χ2n) is 3.79. The number of carbonyl (C=O) groups excluding carboxylic acids is 2. The van der Waals surface area contributed by atoms with Crippen molar-refractivity contribution in [2.75, 3.05) is 26.2 Å². The van der Waals surface area contributed by atoms with Gasteiger partial charge in [-0.1, -0.05) is 0 Å². The predicted octanol–water partition coefficient (Wildman–Crippen LogP) is 0.178. The van der Waals surface area contributed by atoms with Crippen LogP contribution in [0.1, 0.15) is 26.2 Å². The Kier molecular flexibility index (Phi) is 4.59. The van der Waals surface area contributed by atoms with E-state index >= 15 is 0 Å².